The van der Waals surface area contributed by atoms with E-state index in [1.807, 2.05) is 6.92 Å². The van der Waals surface area contributed by atoms with E-state index in [1.165, 1.54) is 10.7 Å². The van der Waals surface area contributed by atoms with Crippen LogP contribution in [0.3, 0.4) is 0 Å². The Hall–Kier alpha value is -3.28. The minimum absolute atomic E-state index is 0.0814. The number of esters is 2. The Balaban J connectivity index is 2.43. The van der Waals surface area contributed by atoms with Gasteiger partial charge in [-0.05, 0) is 44.1 Å². The van der Waals surface area contributed by atoms with E-state index in [1.54, 1.807) is 27.7 Å². The van der Waals surface area contributed by atoms with Crippen molar-refractivity contribution in [2.24, 2.45) is 0 Å². The Morgan fingerprint density at radius 3 is 2.44 bits per heavy atom. The SMILES string of the molecule is CCCOC(=O)c1c(NC(=O)C(CC)n2nc([N+](=O)[O-])cc2C)sc(C(=O)OCC)c1C. The van der Waals surface area contributed by atoms with Gasteiger partial charge in [-0.25, -0.2) is 9.59 Å². The average Bonchev–Trinajstić information content (AvgIpc) is 3.27. The molecule has 0 fully saturated rings. The molecule has 1 atom stereocenters. The second kappa shape index (κ2) is 10.8. The molecule has 0 saturated carbocycles. The molecule has 1 unspecified atom stereocenters. The van der Waals surface area contributed by atoms with Crippen LogP contribution < -0.4 is 5.32 Å². The first-order valence-corrected chi connectivity index (χ1v) is 11.0. The summed E-state index contributed by atoms with van der Waals surface area (Å²) in [5.41, 5.74) is 0.873. The highest BCUT2D eigenvalue weighted by Gasteiger charge is 2.31. The van der Waals surface area contributed by atoms with Gasteiger partial charge in [0.1, 0.15) is 9.88 Å². The minimum Gasteiger partial charge on any atom is -0.462 e. The largest absolute Gasteiger partial charge is 0.462 e. The predicted molar refractivity (Wildman–Crippen MR) is 117 cm³/mol. The van der Waals surface area contributed by atoms with E-state index in [9.17, 15) is 24.5 Å². The Morgan fingerprint density at radius 1 is 1.22 bits per heavy atom. The van der Waals surface area contributed by atoms with Crippen LogP contribution in [0, 0.1) is 24.0 Å². The zero-order valence-electron chi connectivity index (χ0n) is 18.6. The number of nitrogens with zero attached hydrogens (tertiary/aromatic N) is 3. The number of hydrogen-bond donors (Lipinski definition) is 1. The van der Waals surface area contributed by atoms with Gasteiger partial charge in [-0.15, -0.1) is 11.3 Å². The van der Waals surface area contributed by atoms with Crippen LogP contribution in [0.2, 0.25) is 0 Å². The third-order valence-electron chi connectivity index (χ3n) is 4.57. The number of hydrogen-bond acceptors (Lipinski definition) is 9. The molecule has 2 heterocycles. The number of rotatable bonds is 10. The summed E-state index contributed by atoms with van der Waals surface area (Å²) in [6.45, 7) is 8.77. The van der Waals surface area contributed by atoms with Gasteiger partial charge in [0.15, 0.2) is 6.04 Å². The molecule has 12 heteroatoms. The van der Waals surface area contributed by atoms with E-state index in [-0.39, 0.29) is 40.9 Å². The number of ether oxygens (including phenoxy) is 2. The van der Waals surface area contributed by atoms with Crippen LogP contribution in [-0.2, 0) is 14.3 Å². The second-order valence-corrected chi connectivity index (χ2v) is 7.90. The summed E-state index contributed by atoms with van der Waals surface area (Å²) in [6, 6.07) is 0.411. The molecule has 0 bridgehead atoms. The molecule has 0 spiro atoms. The lowest BCUT2D eigenvalue weighted by atomic mass is 10.1. The van der Waals surface area contributed by atoms with E-state index in [4.69, 9.17) is 9.47 Å². The minimum atomic E-state index is -0.864. The van der Waals surface area contributed by atoms with Gasteiger partial charge in [0.2, 0.25) is 0 Å². The zero-order valence-corrected chi connectivity index (χ0v) is 19.4. The summed E-state index contributed by atoms with van der Waals surface area (Å²) in [4.78, 5) is 48.6. The lowest BCUT2D eigenvalue weighted by Gasteiger charge is -2.14. The fourth-order valence-electron chi connectivity index (χ4n) is 3.05. The lowest BCUT2D eigenvalue weighted by Crippen LogP contribution is -2.27. The molecule has 32 heavy (non-hydrogen) atoms. The quantitative estimate of drug-likeness (QED) is 0.316. The topological polar surface area (TPSA) is 143 Å². The lowest BCUT2D eigenvalue weighted by molar-refractivity contribution is -0.389. The summed E-state index contributed by atoms with van der Waals surface area (Å²) < 4.78 is 11.5. The number of aryl methyl sites for hydroxylation is 1. The maximum Gasteiger partial charge on any atom is 0.390 e. The van der Waals surface area contributed by atoms with Crippen molar-refractivity contribution in [2.75, 3.05) is 18.5 Å². The third-order valence-corrected chi connectivity index (χ3v) is 5.75. The van der Waals surface area contributed by atoms with Crippen molar-refractivity contribution in [1.29, 1.82) is 0 Å². The standard InChI is InChI=1S/C20H26N4O7S/c1-6-9-31-19(26)15-12(5)16(20(27)30-8-3)32-18(15)21-17(25)13(7-2)23-11(4)10-14(22-23)24(28)29/h10,13H,6-9H2,1-5H3,(H,21,25). The fourth-order valence-corrected chi connectivity index (χ4v) is 4.14. The summed E-state index contributed by atoms with van der Waals surface area (Å²) in [6.07, 6.45) is 0.896. The van der Waals surface area contributed by atoms with Crippen molar-refractivity contribution in [1.82, 2.24) is 9.78 Å². The molecule has 0 radical (unpaired) electrons. The highest BCUT2D eigenvalue weighted by molar-refractivity contribution is 7.18. The Labute approximate surface area is 188 Å². The molecule has 11 nitrogen and oxygen atoms in total. The molecule has 174 valence electrons. The maximum atomic E-state index is 13.1. The predicted octanol–water partition coefficient (Wildman–Crippen LogP) is 3.80. The van der Waals surface area contributed by atoms with Crippen LogP contribution in [0.5, 0.6) is 0 Å². The van der Waals surface area contributed by atoms with Crippen molar-refractivity contribution in [3.63, 3.8) is 0 Å². The number of thiophene rings is 1. The number of nitrogens with one attached hydrogen (secondary N) is 1. The van der Waals surface area contributed by atoms with Crippen LogP contribution in [0.4, 0.5) is 10.8 Å². The van der Waals surface area contributed by atoms with Crippen LogP contribution in [0.1, 0.15) is 70.9 Å². The Kier molecular flexibility index (Phi) is 8.47. The molecule has 1 amide bonds. The molecular weight excluding hydrogens is 440 g/mol. The molecule has 0 saturated heterocycles. The molecule has 0 aliphatic heterocycles. The van der Waals surface area contributed by atoms with Gasteiger partial charge in [0.05, 0.1) is 35.6 Å². The molecule has 0 aromatic carbocycles. The maximum absolute atomic E-state index is 13.1. The monoisotopic (exact) mass is 466 g/mol. The fraction of sp³-hybridized carbons (Fsp3) is 0.500. The molecular formula is C20H26N4O7S. The summed E-state index contributed by atoms with van der Waals surface area (Å²) in [5, 5.41) is 17.8. The highest BCUT2D eigenvalue weighted by atomic mass is 32.1. The van der Waals surface area contributed by atoms with E-state index >= 15 is 0 Å². The highest BCUT2D eigenvalue weighted by Crippen LogP contribution is 2.35. The summed E-state index contributed by atoms with van der Waals surface area (Å²) in [5.74, 6) is -2.17. The van der Waals surface area contributed by atoms with Gasteiger partial charge >= 0.3 is 17.8 Å². The molecule has 2 rings (SSSR count). The first-order valence-electron chi connectivity index (χ1n) is 10.1. The number of carbonyl (C=O) groups excluding carboxylic acids is 3. The van der Waals surface area contributed by atoms with Crippen LogP contribution in [0.15, 0.2) is 6.07 Å². The third kappa shape index (κ3) is 5.31. The van der Waals surface area contributed by atoms with Gasteiger partial charge < -0.3 is 24.9 Å². The van der Waals surface area contributed by atoms with Gasteiger partial charge in [0.25, 0.3) is 5.91 Å². The van der Waals surface area contributed by atoms with Crippen molar-refractivity contribution < 1.29 is 28.8 Å². The van der Waals surface area contributed by atoms with Gasteiger partial charge in [-0.1, -0.05) is 13.8 Å². The van der Waals surface area contributed by atoms with E-state index in [0.29, 0.717) is 17.7 Å². The smallest absolute Gasteiger partial charge is 0.390 e. The van der Waals surface area contributed by atoms with Crippen LogP contribution in [0.25, 0.3) is 0 Å². The molecule has 0 aliphatic rings. The van der Waals surface area contributed by atoms with Gasteiger partial charge in [0, 0.05) is 0 Å². The molecule has 2 aromatic heterocycles. The zero-order chi connectivity index (χ0) is 24.0. The molecule has 0 aliphatic carbocycles. The molecule has 2 aromatic rings. The van der Waals surface area contributed by atoms with Gasteiger partial charge in [-0.2, -0.15) is 4.68 Å². The van der Waals surface area contributed by atoms with Crippen molar-refractivity contribution in [3.8, 4) is 0 Å². The summed E-state index contributed by atoms with van der Waals surface area (Å²) in [7, 11) is 0. The normalized spacial score (nSPS) is 11.7. The second-order valence-electron chi connectivity index (χ2n) is 6.88. The van der Waals surface area contributed by atoms with Crippen LogP contribution >= 0.6 is 11.3 Å². The van der Waals surface area contributed by atoms with E-state index in [2.05, 4.69) is 10.4 Å². The number of carbonyl (C=O) groups is 3. The van der Waals surface area contributed by atoms with Gasteiger partial charge in [-0.3, -0.25) is 4.79 Å². The van der Waals surface area contributed by atoms with Crippen molar-refractivity contribution in [2.45, 2.75) is 53.5 Å². The number of nitro groups is 1. The van der Waals surface area contributed by atoms with Crippen molar-refractivity contribution >= 4 is 40.0 Å². The van der Waals surface area contributed by atoms with Crippen LogP contribution in [-0.4, -0.2) is 45.8 Å². The van der Waals surface area contributed by atoms with Crippen molar-refractivity contribution in [3.05, 3.63) is 37.9 Å². The Bertz CT molecular complexity index is 1030. The summed E-state index contributed by atoms with van der Waals surface area (Å²) >= 11 is 0.916. The first-order chi connectivity index (χ1) is 15.2. The molecule has 1 N–H and O–H groups in total. The Morgan fingerprint density at radius 2 is 1.91 bits per heavy atom. The number of aromatic nitrogens is 2. The first kappa shape index (κ1) is 25.0. The average molecular weight is 467 g/mol. The number of amides is 1. The van der Waals surface area contributed by atoms with E-state index in [0.717, 1.165) is 11.3 Å². The number of anilines is 1. The van der Waals surface area contributed by atoms with E-state index < -0.39 is 28.8 Å².